The molecule has 0 bridgehead atoms. The van der Waals surface area contributed by atoms with Gasteiger partial charge in [0.15, 0.2) is 0 Å². The first-order valence-electron chi connectivity index (χ1n) is 9.01. The van der Waals surface area contributed by atoms with Crippen molar-refractivity contribution in [3.8, 4) is 0 Å². The Bertz CT molecular complexity index is 593. The summed E-state index contributed by atoms with van der Waals surface area (Å²) in [5, 5.41) is 2.98. The van der Waals surface area contributed by atoms with E-state index in [1.807, 2.05) is 6.07 Å². The Kier molecular flexibility index (Phi) is 6.04. The summed E-state index contributed by atoms with van der Waals surface area (Å²) in [6, 6.07) is 10.4. The number of carbonyl (C=O) groups is 2. The average Bonchev–Trinajstić information content (AvgIpc) is 2.63. The summed E-state index contributed by atoms with van der Waals surface area (Å²) in [6.07, 6.45) is 1.05. The minimum Gasteiger partial charge on any atom is -0.374 e. The zero-order valence-electron chi connectivity index (χ0n) is 14.8. The predicted molar refractivity (Wildman–Crippen MR) is 94.8 cm³/mol. The maximum Gasteiger partial charge on any atom is 0.223 e. The molecule has 2 atom stereocenters. The van der Waals surface area contributed by atoms with Gasteiger partial charge in [0.1, 0.15) is 0 Å². The Morgan fingerprint density at radius 2 is 2.08 bits per heavy atom. The molecule has 1 aromatic carbocycles. The lowest BCUT2D eigenvalue weighted by atomic mass is 9.95. The number of nitrogens with one attached hydrogen (secondary N) is 1. The fourth-order valence-corrected chi connectivity index (χ4v) is 3.41. The highest BCUT2D eigenvalue weighted by atomic mass is 16.5. The maximum atomic E-state index is 12.3. The summed E-state index contributed by atoms with van der Waals surface area (Å²) in [5.41, 5.74) is 1.29. The largest absolute Gasteiger partial charge is 0.374 e. The molecule has 1 aromatic rings. The minimum atomic E-state index is -0.201. The molecule has 2 amide bonds. The quantitative estimate of drug-likeness (QED) is 0.860. The second-order valence-corrected chi connectivity index (χ2v) is 6.96. The SMILES string of the molecule is CN1CC[C@@H](C(=O)NC[C@@H]2CN(Cc3ccccc3)CCO2)CC1=O. The number of hydrogen-bond donors (Lipinski definition) is 1. The average molecular weight is 345 g/mol. The molecule has 0 aliphatic carbocycles. The molecule has 2 aliphatic rings. The van der Waals surface area contributed by atoms with E-state index in [0.717, 1.165) is 26.1 Å². The molecule has 6 heteroatoms. The van der Waals surface area contributed by atoms with E-state index < -0.39 is 0 Å². The summed E-state index contributed by atoms with van der Waals surface area (Å²) in [5.74, 6) is -0.174. The molecule has 0 spiro atoms. The van der Waals surface area contributed by atoms with Gasteiger partial charge in [0.05, 0.1) is 12.7 Å². The first kappa shape index (κ1) is 17.9. The number of nitrogens with zero attached hydrogens (tertiary/aromatic N) is 2. The number of amides is 2. The van der Waals surface area contributed by atoms with Gasteiger partial charge in [0.2, 0.25) is 11.8 Å². The fourth-order valence-electron chi connectivity index (χ4n) is 3.41. The van der Waals surface area contributed by atoms with E-state index in [-0.39, 0.29) is 23.8 Å². The van der Waals surface area contributed by atoms with E-state index >= 15 is 0 Å². The molecular weight excluding hydrogens is 318 g/mol. The van der Waals surface area contributed by atoms with E-state index in [1.165, 1.54) is 5.56 Å². The van der Waals surface area contributed by atoms with Gasteiger partial charge < -0.3 is 15.0 Å². The summed E-state index contributed by atoms with van der Waals surface area (Å²) in [7, 11) is 1.79. The van der Waals surface area contributed by atoms with Crippen LogP contribution in [-0.4, -0.2) is 67.6 Å². The lowest BCUT2D eigenvalue weighted by Gasteiger charge is -2.33. The van der Waals surface area contributed by atoms with Crippen molar-refractivity contribution in [1.29, 1.82) is 0 Å². The Labute approximate surface area is 149 Å². The molecule has 2 fully saturated rings. The molecule has 2 saturated heterocycles. The van der Waals surface area contributed by atoms with E-state index in [4.69, 9.17) is 4.74 Å². The highest BCUT2D eigenvalue weighted by Crippen LogP contribution is 2.17. The minimum absolute atomic E-state index is 0.00313. The molecule has 0 unspecified atom stereocenters. The molecule has 136 valence electrons. The zero-order chi connectivity index (χ0) is 17.6. The summed E-state index contributed by atoms with van der Waals surface area (Å²) >= 11 is 0. The predicted octanol–water partition coefficient (Wildman–Crippen LogP) is 0.872. The topological polar surface area (TPSA) is 61.9 Å². The van der Waals surface area contributed by atoms with E-state index in [0.29, 0.717) is 26.1 Å². The number of hydrogen-bond acceptors (Lipinski definition) is 4. The van der Waals surface area contributed by atoms with Gasteiger partial charge in [0, 0.05) is 52.1 Å². The lowest BCUT2D eigenvalue weighted by molar-refractivity contribution is -0.139. The fraction of sp³-hybridized carbons (Fsp3) is 0.579. The van der Waals surface area contributed by atoms with E-state index in [9.17, 15) is 9.59 Å². The van der Waals surface area contributed by atoms with Crippen molar-refractivity contribution in [1.82, 2.24) is 15.1 Å². The molecule has 25 heavy (non-hydrogen) atoms. The molecule has 1 N–H and O–H groups in total. The lowest BCUT2D eigenvalue weighted by Crippen LogP contribution is -2.49. The Morgan fingerprint density at radius 1 is 1.28 bits per heavy atom. The second kappa shape index (κ2) is 8.45. The highest BCUT2D eigenvalue weighted by Gasteiger charge is 2.29. The van der Waals surface area contributed by atoms with Gasteiger partial charge in [-0.1, -0.05) is 30.3 Å². The molecule has 2 aliphatic heterocycles. The third-order valence-electron chi connectivity index (χ3n) is 5.01. The van der Waals surface area contributed by atoms with Crippen LogP contribution in [0, 0.1) is 5.92 Å². The van der Waals surface area contributed by atoms with E-state index in [2.05, 4.69) is 34.5 Å². The molecule has 6 nitrogen and oxygen atoms in total. The van der Waals surface area contributed by atoms with Crippen LogP contribution >= 0.6 is 0 Å². The van der Waals surface area contributed by atoms with Gasteiger partial charge in [-0.05, 0) is 12.0 Å². The monoisotopic (exact) mass is 345 g/mol. The summed E-state index contributed by atoms with van der Waals surface area (Å²) < 4.78 is 5.79. The number of carbonyl (C=O) groups excluding carboxylic acids is 2. The van der Waals surface area contributed by atoms with Crippen molar-refractivity contribution < 1.29 is 14.3 Å². The van der Waals surface area contributed by atoms with Crippen molar-refractivity contribution in [3.05, 3.63) is 35.9 Å². The zero-order valence-corrected chi connectivity index (χ0v) is 14.8. The number of likely N-dealkylation sites (tertiary alicyclic amines) is 1. The Morgan fingerprint density at radius 3 is 2.84 bits per heavy atom. The first-order valence-corrected chi connectivity index (χ1v) is 9.01. The van der Waals surface area contributed by atoms with Crippen LogP contribution in [0.15, 0.2) is 30.3 Å². The molecule has 0 aromatic heterocycles. The Hall–Kier alpha value is -1.92. The third-order valence-corrected chi connectivity index (χ3v) is 5.01. The van der Waals surface area contributed by atoms with Gasteiger partial charge in [-0.2, -0.15) is 0 Å². The number of rotatable bonds is 5. The van der Waals surface area contributed by atoms with Gasteiger partial charge in [-0.15, -0.1) is 0 Å². The van der Waals surface area contributed by atoms with Crippen molar-refractivity contribution >= 4 is 11.8 Å². The van der Waals surface area contributed by atoms with Crippen molar-refractivity contribution in [3.63, 3.8) is 0 Å². The molecule has 0 saturated carbocycles. The van der Waals surface area contributed by atoms with Crippen LogP contribution in [-0.2, 0) is 20.9 Å². The number of benzene rings is 1. The Balaban J connectivity index is 1.43. The van der Waals surface area contributed by atoms with Gasteiger partial charge in [-0.3, -0.25) is 14.5 Å². The highest BCUT2D eigenvalue weighted by molar-refractivity contribution is 5.86. The maximum absolute atomic E-state index is 12.3. The number of morpholine rings is 1. The third kappa shape index (κ3) is 5.03. The van der Waals surface area contributed by atoms with Crippen LogP contribution in [0.4, 0.5) is 0 Å². The smallest absolute Gasteiger partial charge is 0.223 e. The molecule has 2 heterocycles. The van der Waals surface area contributed by atoms with Crippen LogP contribution < -0.4 is 5.32 Å². The van der Waals surface area contributed by atoms with Crippen LogP contribution in [0.3, 0.4) is 0 Å². The standard InChI is InChI=1S/C19H27N3O3/c1-21-8-7-16(11-18(21)23)19(24)20-12-17-14-22(9-10-25-17)13-15-5-3-2-4-6-15/h2-6,16-17H,7-14H2,1H3,(H,20,24)/t16-,17-/m1/s1. The van der Waals surface area contributed by atoms with Gasteiger partial charge in [-0.25, -0.2) is 0 Å². The van der Waals surface area contributed by atoms with Crippen molar-refractivity contribution in [2.24, 2.45) is 5.92 Å². The molecular formula is C19H27N3O3. The summed E-state index contributed by atoms with van der Waals surface area (Å²) in [6.45, 7) is 4.45. The van der Waals surface area contributed by atoms with Crippen LogP contribution in [0.2, 0.25) is 0 Å². The summed E-state index contributed by atoms with van der Waals surface area (Å²) in [4.78, 5) is 28.1. The number of piperidine rings is 1. The number of ether oxygens (including phenoxy) is 1. The van der Waals surface area contributed by atoms with Crippen molar-refractivity contribution in [2.75, 3.05) is 39.8 Å². The van der Waals surface area contributed by atoms with Crippen molar-refractivity contribution in [2.45, 2.75) is 25.5 Å². The second-order valence-electron chi connectivity index (χ2n) is 6.96. The van der Waals surface area contributed by atoms with Gasteiger partial charge in [0.25, 0.3) is 0 Å². The first-order chi connectivity index (χ1) is 12.1. The van der Waals surface area contributed by atoms with E-state index in [1.54, 1.807) is 11.9 Å². The molecule has 3 rings (SSSR count). The van der Waals surface area contributed by atoms with Gasteiger partial charge >= 0.3 is 0 Å². The molecule has 0 radical (unpaired) electrons. The van der Waals surface area contributed by atoms with Crippen LogP contribution in [0.25, 0.3) is 0 Å². The van der Waals surface area contributed by atoms with Crippen LogP contribution in [0.1, 0.15) is 18.4 Å². The van der Waals surface area contributed by atoms with Crippen LogP contribution in [0.5, 0.6) is 0 Å². The normalized spacial score (nSPS) is 25.0.